The van der Waals surface area contributed by atoms with Crippen LogP contribution in [0.1, 0.15) is 11.1 Å². The molecule has 0 saturated carbocycles. The molecule has 0 aliphatic carbocycles. The minimum atomic E-state index is 0.0737. The van der Waals surface area contributed by atoms with E-state index in [4.69, 9.17) is 39.5 Å². The molecule has 0 fully saturated rings. The summed E-state index contributed by atoms with van der Waals surface area (Å²) >= 11 is 18.2. The smallest absolute Gasteiger partial charge is 0.123 e. The van der Waals surface area contributed by atoms with Gasteiger partial charge in [0.2, 0.25) is 0 Å². The highest BCUT2D eigenvalue weighted by molar-refractivity contribution is 6.41. The van der Waals surface area contributed by atoms with Gasteiger partial charge in [0, 0.05) is 11.4 Å². The number of halogens is 3. The average molecular weight is 343 g/mol. The van der Waals surface area contributed by atoms with E-state index in [0.29, 0.717) is 27.3 Å². The lowest BCUT2D eigenvalue weighted by Crippen LogP contribution is -2.24. The maximum absolute atomic E-state index is 6.16. The third-order valence-corrected chi connectivity index (χ3v) is 4.28. The van der Waals surface area contributed by atoms with Gasteiger partial charge in [0.25, 0.3) is 0 Å². The van der Waals surface area contributed by atoms with E-state index in [1.807, 2.05) is 6.07 Å². The van der Waals surface area contributed by atoms with Crippen LogP contribution in [-0.2, 0) is 6.42 Å². The Kier molecular flexibility index (Phi) is 4.21. The van der Waals surface area contributed by atoms with Crippen LogP contribution in [-0.4, -0.2) is 12.6 Å². The van der Waals surface area contributed by atoms with Crippen molar-refractivity contribution < 1.29 is 4.74 Å². The molecule has 1 unspecified atom stereocenters. The minimum absolute atomic E-state index is 0.0737. The maximum atomic E-state index is 6.16. The largest absolute Gasteiger partial charge is 0.488 e. The summed E-state index contributed by atoms with van der Waals surface area (Å²) < 4.78 is 5.91. The Hall–Kier alpha value is -1.09. The molecule has 2 nitrogen and oxygen atoms in total. The Bertz CT molecular complexity index is 664. The summed E-state index contributed by atoms with van der Waals surface area (Å²) in [6.07, 6.45) is 0.956. The monoisotopic (exact) mass is 341 g/mol. The summed E-state index contributed by atoms with van der Waals surface area (Å²) in [6, 6.07) is 9.59. The first kappa shape index (κ1) is 14.8. The second kappa shape index (κ2) is 5.96. The van der Waals surface area contributed by atoms with Gasteiger partial charge in [-0.05, 0) is 30.7 Å². The van der Waals surface area contributed by atoms with Gasteiger partial charge in [-0.1, -0.05) is 52.5 Å². The van der Waals surface area contributed by atoms with E-state index in [9.17, 15) is 0 Å². The zero-order valence-electron chi connectivity index (χ0n) is 11.4. The van der Waals surface area contributed by atoms with Crippen molar-refractivity contribution in [3.05, 3.63) is 56.5 Å². The lowest BCUT2D eigenvalue weighted by atomic mass is 10.1. The molecule has 1 aliphatic heterocycles. The van der Waals surface area contributed by atoms with Gasteiger partial charge in [-0.25, -0.2) is 0 Å². The lowest BCUT2D eigenvalue weighted by Gasteiger charge is -2.15. The van der Waals surface area contributed by atoms with Crippen molar-refractivity contribution >= 4 is 40.5 Å². The molecule has 5 heteroatoms. The van der Waals surface area contributed by atoms with E-state index in [1.165, 1.54) is 11.1 Å². The first-order valence-corrected chi connectivity index (χ1v) is 7.81. The van der Waals surface area contributed by atoms with Gasteiger partial charge < -0.3 is 10.1 Å². The summed E-state index contributed by atoms with van der Waals surface area (Å²) in [5.41, 5.74) is 3.18. The van der Waals surface area contributed by atoms with E-state index in [2.05, 4.69) is 24.4 Å². The number of hydrogen-bond donors (Lipinski definition) is 1. The van der Waals surface area contributed by atoms with Crippen molar-refractivity contribution in [3.63, 3.8) is 0 Å². The molecule has 0 saturated heterocycles. The standard InChI is InChI=1S/C16H14Cl3NO/c1-9-2-3-15-10(4-9)5-12(21-15)8-20-16-13(18)6-11(17)7-14(16)19/h2-4,6-7,12,20H,5,8H2,1H3. The van der Waals surface area contributed by atoms with Crippen LogP contribution in [0.3, 0.4) is 0 Å². The number of benzene rings is 2. The number of aryl methyl sites for hydroxylation is 1. The van der Waals surface area contributed by atoms with Crippen molar-refractivity contribution in [2.45, 2.75) is 19.4 Å². The van der Waals surface area contributed by atoms with Crippen LogP contribution < -0.4 is 10.1 Å². The van der Waals surface area contributed by atoms with Gasteiger partial charge >= 0.3 is 0 Å². The van der Waals surface area contributed by atoms with Crippen molar-refractivity contribution in [2.24, 2.45) is 0 Å². The number of anilines is 1. The van der Waals surface area contributed by atoms with E-state index in [0.717, 1.165) is 12.2 Å². The van der Waals surface area contributed by atoms with E-state index in [-0.39, 0.29) is 6.10 Å². The molecule has 0 spiro atoms. The van der Waals surface area contributed by atoms with Crippen molar-refractivity contribution in [1.82, 2.24) is 0 Å². The summed E-state index contributed by atoms with van der Waals surface area (Å²) in [6.45, 7) is 2.72. The van der Waals surface area contributed by atoms with Crippen molar-refractivity contribution in [3.8, 4) is 5.75 Å². The lowest BCUT2D eigenvalue weighted by molar-refractivity contribution is 0.246. The number of ether oxygens (including phenoxy) is 1. The molecule has 2 aromatic carbocycles. The molecule has 0 radical (unpaired) electrons. The predicted octanol–water partition coefficient (Wildman–Crippen LogP) is 5.37. The SMILES string of the molecule is Cc1ccc2c(c1)CC(CNc1c(Cl)cc(Cl)cc1Cl)O2. The molecule has 0 aromatic heterocycles. The predicted molar refractivity (Wildman–Crippen MR) is 89.3 cm³/mol. The van der Waals surface area contributed by atoms with Crippen LogP contribution >= 0.6 is 34.8 Å². The molecule has 1 aliphatic rings. The van der Waals surface area contributed by atoms with Crippen molar-refractivity contribution in [2.75, 3.05) is 11.9 Å². The Morgan fingerprint density at radius 3 is 2.57 bits per heavy atom. The molecule has 21 heavy (non-hydrogen) atoms. The Balaban J connectivity index is 1.68. The second-order valence-electron chi connectivity index (χ2n) is 5.18. The minimum Gasteiger partial charge on any atom is -0.488 e. The third kappa shape index (κ3) is 3.23. The fourth-order valence-electron chi connectivity index (χ4n) is 2.49. The molecule has 0 amide bonds. The molecule has 1 N–H and O–H groups in total. The molecule has 0 bridgehead atoms. The third-order valence-electron chi connectivity index (χ3n) is 3.47. The highest BCUT2D eigenvalue weighted by Gasteiger charge is 2.23. The number of rotatable bonds is 3. The van der Waals surface area contributed by atoms with Gasteiger partial charge in [-0.15, -0.1) is 0 Å². The number of hydrogen-bond acceptors (Lipinski definition) is 2. The highest BCUT2D eigenvalue weighted by atomic mass is 35.5. The summed E-state index contributed by atoms with van der Waals surface area (Å²) in [5, 5.41) is 4.80. The Morgan fingerprint density at radius 2 is 1.86 bits per heavy atom. The van der Waals surface area contributed by atoms with Crippen LogP contribution in [0.4, 0.5) is 5.69 Å². The van der Waals surface area contributed by atoms with Crippen LogP contribution in [0, 0.1) is 6.92 Å². The number of nitrogens with one attached hydrogen (secondary N) is 1. The zero-order valence-corrected chi connectivity index (χ0v) is 13.7. The van der Waals surface area contributed by atoms with Gasteiger partial charge in [0.1, 0.15) is 11.9 Å². The molecular formula is C16H14Cl3NO. The molecule has 110 valence electrons. The molecule has 1 atom stereocenters. The fourth-order valence-corrected chi connectivity index (χ4v) is 3.44. The zero-order chi connectivity index (χ0) is 15.0. The van der Waals surface area contributed by atoms with E-state index >= 15 is 0 Å². The van der Waals surface area contributed by atoms with Crippen LogP contribution in [0.25, 0.3) is 0 Å². The van der Waals surface area contributed by atoms with Gasteiger partial charge in [0.05, 0.1) is 22.3 Å². The summed E-state index contributed by atoms with van der Waals surface area (Å²) in [7, 11) is 0. The average Bonchev–Trinajstić information content (AvgIpc) is 2.79. The Morgan fingerprint density at radius 1 is 1.14 bits per heavy atom. The summed E-state index contributed by atoms with van der Waals surface area (Å²) in [4.78, 5) is 0. The molecule has 2 aromatic rings. The maximum Gasteiger partial charge on any atom is 0.123 e. The van der Waals surface area contributed by atoms with E-state index in [1.54, 1.807) is 12.1 Å². The van der Waals surface area contributed by atoms with Crippen LogP contribution in [0.2, 0.25) is 15.1 Å². The quantitative estimate of drug-likeness (QED) is 0.809. The van der Waals surface area contributed by atoms with E-state index < -0.39 is 0 Å². The molecule has 3 rings (SSSR count). The summed E-state index contributed by atoms with van der Waals surface area (Å²) in [5.74, 6) is 0.959. The molecular weight excluding hydrogens is 329 g/mol. The number of fused-ring (bicyclic) bond motifs is 1. The topological polar surface area (TPSA) is 21.3 Å². The normalized spacial score (nSPS) is 16.5. The Labute approximate surface area is 139 Å². The molecule has 1 heterocycles. The fraction of sp³-hybridized carbons (Fsp3) is 0.250. The van der Waals surface area contributed by atoms with Crippen molar-refractivity contribution in [1.29, 1.82) is 0 Å². The van der Waals surface area contributed by atoms with Gasteiger partial charge in [-0.2, -0.15) is 0 Å². The van der Waals surface area contributed by atoms with Crippen LogP contribution in [0.15, 0.2) is 30.3 Å². The first-order chi connectivity index (χ1) is 10.0. The van der Waals surface area contributed by atoms with Gasteiger partial charge in [0.15, 0.2) is 0 Å². The van der Waals surface area contributed by atoms with Gasteiger partial charge in [-0.3, -0.25) is 0 Å². The first-order valence-electron chi connectivity index (χ1n) is 6.67. The second-order valence-corrected chi connectivity index (χ2v) is 6.43. The van der Waals surface area contributed by atoms with Crippen LogP contribution in [0.5, 0.6) is 5.75 Å². The highest BCUT2D eigenvalue weighted by Crippen LogP contribution is 2.34.